The van der Waals surface area contributed by atoms with E-state index in [1.165, 1.54) is 0 Å². The first-order chi connectivity index (χ1) is 9.65. The van der Waals surface area contributed by atoms with Crippen LogP contribution >= 0.6 is 0 Å². The van der Waals surface area contributed by atoms with Gasteiger partial charge >= 0.3 is 0 Å². The van der Waals surface area contributed by atoms with Crippen LogP contribution in [-0.4, -0.2) is 17.1 Å². The molecule has 0 amide bonds. The third-order valence-electron chi connectivity index (χ3n) is 3.09. The minimum atomic E-state index is 0.424. The van der Waals surface area contributed by atoms with E-state index in [0.717, 1.165) is 28.1 Å². The van der Waals surface area contributed by atoms with Crippen LogP contribution < -0.4 is 4.74 Å². The Bertz CT molecular complexity index is 659. The van der Waals surface area contributed by atoms with Gasteiger partial charge in [-0.15, -0.1) is 0 Å². The average molecular weight is 267 g/mol. The summed E-state index contributed by atoms with van der Waals surface area (Å²) in [5.74, 6) is 1.50. The van der Waals surface area contributed by atoms with Gasteiger partial charge in [0, 0.05) is 24.6 Å². The smallest absolute Gasteiger partial charge is 0.129 e. The molecule has 4 nitrogen and oxygen atoms in total. The minimum Gasteiger partial charge on any atom is -0.496 e. The number of nitriles is 1. The summed E-state index contributed by atoms with van der Waals surface area (Å²) in [6, 6.07) is 8.09. The molecule has 0 bridgehead atoms. The zero-order valence-corrected chi connectivity index (χ0v) is 12.0. The summed E-state index contributed by atoms with van der Waals surface area (Å²) < 4.78 is 5.47. The number of rotatable bonds is 4. The van der Waals surface area contributed by atoms with Gasteiger partial charge in [0.05, 0.1) is 18.9 Å². The van der Waals surface area contributed by atoms with Gasteiger partial charge in [0.25, 0.3) is 0 Å². The molecule has 1 heterocycles. The van der Waals surface area contributed by atoms with E-state index < -0.39 is 0 Å². The summed E-state index contributed by atoms with van der Waals surface area (Å²) in [7, 11) is 1.66. The lowest BCUT2D eigenvalue weighted by molar-refractivity contribution is 0.415. The van der Waals surface area contributed by atoms with Crippen LogP contribution in [0.3, 0.4) is 0 Å². The quantitative estimate of drug-likeness (QED) is 0.853. The van der Waals surface area contributed by atoms with Crippen molar-refractivity contribution < 1.29 is 4.74 Å². The molecule has 0 aliphatic heterocycles. The summed E-state index contributed by atoms with van der Waals surface area (Å²) in [4.78, 5) is 8.74. The SMILES string of the molecule is COc1cc(C)cc(C)c1-c1ccnc(CCC#N)n1. The van der Waals surface area contributed by atoms with E-state index in [0.29, 0.717) is 18.7 Å². The summed E-state index contributed by atoms with van der Waals surface area (Å²) in [5.41, 5.74) is 4.09. The molecule has 1 aromatic carbocycles. The Morgan fingerprint density at radius 2 is 2.10 bits per heavy atom. The first kappa shape index (κ1) is 14.0. The van der Waals surface area contributed by atoms with Crippen molar-refractivity contribution in [2.75, 3.05) is 7.11 Å². The van der Waals surface area contributed by atoms with E-state index in [9.17, 15) is 0 Å². The van der Waals surface area contributed by atoms with E-state index >= 15 is 0 Å². The van der Waals surface area contributed by atoms with Crippen LogP contribution in [-0.2, 0) is 6.42 Å². The van der Waals surface area contributed by atoms with Crippen LogP contribution in [0.1, 0.15) is 23.4 Å². The molecule has 0 unspecified atom stereocenters. The summed E-state index contributed by atoms with van der Waals surface area (Å²) >= 11 is 0. The molecule has 102 valence electrons. The predicted octanol–water partition coefficient (Wildman–Crippen LogP) is 3.23. The van der Waals surface area contributed by atoms with Crippen molar-refractivity contribution in [3.05, 3.63) is 41.3 Å². The first-order valence-electron chi connectivity index (χ1n) is 6.50. The van der Waals surface area contributed by atoms with E-state index in [4.69, 9.17) is 10.00 Å². The number of hydrogen-bond donors (Lipinski definition) is 0. The summed E-state index contributed by atoms with van der Waals surface area (Å²) in [6.45, 7) is 4.08. The van der Waals surface area contributed by atoms with Crippen molar-refractivity contribution in [3.8, 4) is 23.1 Å². The van der Waals surface area contributed by atoms with Crippen molar-refractivity contribution in [2.45, 2.75) is 26.7 Å². The van der Waals surface area contributed by atoms with Gasteiger partial charge in [-0.3, -0.25) is 0 Å². The molecule has 0 N–H and O–H groups in total. The van der Waals surface area contributed by atoms with Gasteiger partial charge in [0.15, 0.2) is 0 Å². The molecular weight excluding hydrogens is 250 g/mol. The molecule has 0 radical (unpaired) electrons. The van der Waals surface area contributed by atoms with Gasteiger partial charge in [-0.25, -0.2) is 9.97 Å². The Labute approximate surface area is 119 Å². The Balaban J connectivity index is 2.49. The molecule has 0 saturated heterocycles. The highest BCUT2D eigenvalue weighted by molar-refractivity contribution is 5.71. The second-order valence-electron chi connectivity index (χ2n) is 4.68. The highest BCUT2D eigenvalue weighted by atomic mass is 16.5. The second-order valence-corrected chi connectivity index (χ2v) is 4.68. The third kappa shape index (κ3) is 2.94. The van der Waals surface area contributed by atoms with Crippen LogP contribution in [0.15, 0.2) is 24.4 Å². The lowest BCUT2D eigenvalue weighted by Gasteiger charge is -2.13. The maximum Gasteiger partial charge on any atom is 0.129 e. The van der Waals surface area contributed by atoms with Gasteiger partial charge < -0.3 is 4.74 Å². The van der Waals surface area contributed by atoms with Crippen LogP contribution in [0.25, 0.3) is 11.3 Å². The van der Waals surface area contributed by atoms with E-state index in [2.05, 4.69) is 22.1 Å². The standard InChI is InChI=1S/C16H17N3O/c1-11-9-12(2)16(14(10-11)20-3)13-6-8-18-15(19-13)5-4-7-17/h6,8-10H,4-5H2,1-3H3. The van der Waals surface area contributed by atoms with Crippen LogP contribution in [0, 0.1) is 25.2 Å². The van der Waals surface area contributed by atoms with Gasteiger partial charge in [-0.2, -0.15) is 5.26 Å². The molecule has 4 heteroatoms. The molecule has 1 aromatic heterocycles. The average Bonchev–Trinajstić information content (AvgIpc) is 2.44. The highest BCUT2D eigenvalue weighted by Gasteiger charge is 2.12. The van der Waals surface area contributed by atoms with E-state index in [1.807, 2.05) is 26.0 Å². The Morgan fingerprint density at radius 1 is 1.30 bits per heavy atom. The van der Waals surface area contributed by atoms with Gasteiger partial charge in [-0.05, 0) is 37.1 Å². The highest BCUT2D eigenvalue weighted by Crippen LogP contribution is 2.33. The zero-order chi connectivity index (χ0) is 14.5. The maximum atomic E-state index is 8.65. The Morgan fingerprint density at radius 3 is 2.80 bits per heavy atom. The van der Waals surface area contributed by atoms with Gasteiger partial charge in [-0.1, -0.05) is 6.07 Å². The van der Waals surface area contributed by atoms with Crippen LogP contribution in [0.4, 0.5) is 0 Å². The molecule has 0 saturated carbocycles. The van der Waals surface area contributed by atoms with Gasteiger partial charge in [0.1, 0.15) is 11.6 Å². The number of hydrogen-bond acceptors (Lipinski definition) is 4. The number of aromatic nitrogens is 2. The summed E-state index contributed by atoms with van der Waals surface area (Å²) in [5, 5.41) is 8.65. The first-order valence-corrected chi connectivity index (χ1v) is 6.50. The fraction of sp³-hybridized carbons (Fsp3) is 0.312. The third-order valence-corrected chi connectivity index (χ3v) is 3.09. The summed E-state index contributed by atoms with van der Waals surface area (Å²) in [6.07, 6.45) is 2.72. The fourth-order valence-electron chi connectivity index (χ4n) is 2.24. The Hall–Kier alpha value is -2.41. The lowest BCUT2D eigenvalue weighted by atomic mass is 10.0. The molecule has 0 aliphatic rings. The molecule has 2 rings (SSSR count). The topological polar surface area (TPSA) is 58.8 Å². The minimum absolute atomic E-state index is 0.424. The second kappa shape index (κ2) is 6.16. The van der Waals surface area contributed by atoms with Crippen LogP contribution in [0.2, 0.25) is 0 Å². The molecular formula is C16H17N3O. The molecule has 20 heavy (non-hydrogen) atoms. The van der Waals surface area contributed by atoms with Crippen molar-refractivity contribution in [2.24, 2.45) is 0 Å². The lowest BCUT2D eigenvalue weighted by Crippen LogP contribution is -1.99. The number of ether oxygens (including phenoxy) is 1. The van der Waals surface area contributed by atoms with Crippen molar-refractivity contribution >= 4 is 0 Å². The van der Waals surface area contributed by atoms with Gasteiger partial charge in [0.2, 0.25) is 0 Å². The molecule has 0 fully saturated rings. The largest absolute Gasteiger partial charge is 0.496 e. The molecule has 2 aromatic rings. The van der Waals surface area contributed by atoms with Crippen molar-refractivity contribution in [1.29, 1.82) is 5.26 Å². The molecule has 0 aliphatic carbocycles. The maximum absolute atomic E-state index is 8.65. The molecule has 0 spiro atoms. The monoisotopic (exact) mass is 267 g/mol. The number of aryl methyl sites for hydroxylation is 3. The van der Waals surface area contributed by atoms with Crippen LogP contribution in [0.5, 0.6) is 5.75 Å². The Kier molecular flexibility index (Phi) is 4.31. The number of benzene rings is 1. The number of methoxy groups -OCH3 is 1. The fourth-order valence-corrected chi connectivity index (χ4v) is 2.24. The van der Waals surface area contributed by atoms with Crippen molar-refractivity contribution in [3.63, 3.8) is 0 Å². The zero-order valence-electron chi connectivity index (χ0n) is 12.0. The van der Waals surface area contributed by atoms with E-state index in [1.54, 1.807) is 13.3 Å². The molecule has 0 atom stereocenters. The number of nitrogens with zero attached hydrogens (tertiary/aromatic N) is 3. The van der Waals surface area contributed by atoms with E-state index in [-0.39, 0.29) is 0 Å². The predicted molar refractivity (Wildman–Crippen MR) is 77.4 cm³/mol. The van der Waals surface area contributed by atoms with Crippen molar-refractivity contribution in [1.82, 2.24) is 9.97 Å². The normalized spacial score (nSPS) is 10.1.